The van der Waals surface area contributed by atoms with Gasteiger partial charge in [0.2, 0.25) is 0 Å². The Morgan fingerprint density at radius 3 is 2.74 bits per heavy atom. The number of fused-ring (bicyclic) bond motifs is 4. The Morgan fingerprint density at radius 1 is 1.23 bits per heavy atom. The van der Waals surface area contributed by atoms with Crippen molar-refractivity contribution in [2.45, 2.75) is 50.4 Å². The minimum atomic E-state index is -0.130. The number of anilines is 1. The predicted octanol–water partition coefficient (Wildman–Crippen LogP) is 3.12. The van der Waals surface area contributed by atoms with Crippen LogP contribution < -0.4 is 10.6 Å². The molecule has 0 aliphatic carbocycles. The van der Waals surface area contributed by atoms with Crippen LogP contribution in [0.4, 0.5) is 5.82 Å². The Labute approximate surface area is 184 Å². The molecule has 9 heteroatoms. The van der Waals surface area contributed by atoms with Gasteiger partial charge in [0.25, 0.3) is 0 Å². The monoisotopic (exact) mass is 437 g/mol. The molecule has 0 amide bonds. The molecule has 3 aromatic heterocycles. The van der Waals surface area contributed by atoms with Crippen LogP contribution in [0.15, 0.2) is 24.5 Å². The molecule has 0 spiro atoms. The Morgan fingerprint density at radius 2 is 2.00 bits per heavy atom. The molecule has 2 aliphatic rings. The average molecular weight is 438 g/mol. The van der Waals surface area contributed by atoms with E-state index in [0.29, 0.717) is 22.8 Å². The molecule has 2 unspecified atom stereocenters. The van der Waals surface area contributed by atoms with Crippen molar-refractivity contribution in [3.63, 3.8) is 0 Å². The number of H-pyrrole nitrogens is 1. The maximum absolute atomic E-state index is 9.78. The van der Waals surface area contributed by atoms with Crippen molar-refractivity contribution in [3.8, 4) is 11.1 Å². The van der Waals surface area contributed by atoms with Gasteiger partial charge in [-0.15, -0.1) is 0 Å². The summed E-state index contributed by atoms with van der Waals surface area (Å²) < 4.78 is 1.67. The van der Waals surface area contributed by atoms with Gasteiger partial charge < -0.3 is 20.7 Å². The fourth-order valence-electron chi connectivity index (χ4n) is 5.51. The lowest BCUT2D eigenvalue weighted by Crippen LogP contribution is -2.47. The molecule has 1 aromatic carbocycles. The van der Waals surface area contributed by atoms with E-state index in [0.717, 1.165) is 51.9 Å². The summed E-state index contributed by atoms with van der Waals surface area (Å²) in [6.45, 7) is -0.130. The highest BCUT2D eigenvalue weighted by molar-refractivity contribution is 6.38. The summed E-state index contributed by atoms with van der Waals surface area (Å²) in [5.74, 6) is 0.914. The molecule has 6 rings (SSSR count). The molecule has 2 saturated heterocycles. The Hall–Kier alpha value is -2.68. The summed E-state index contributed by atoms with van der Waals surface area (Å²) in [6.07, 6.45) is 8.14. The van der Waals surface area contributed by atoms with E-state index in [4.69, 9.17) is 27.3 Å². The fraction of sp³-hybridized carbons (Fsp3) is 0.409. The Kier molecular flexibility index (Phi) is 4.25. The van der Waals surface area contributed by atoms with Gasteiger partial charge in [-0.2, -0.15) is 5.10 Å². The van der Waals surface area contributed by atoms with Crippen molar-refractivity contribution in [2.24, 2.45) is 12.8 Å². The van der Waals surface area contributed by atoms with Crippen molar-refractivity contribution in [1.29, 1.82) is 0 Å². The highest BCUT2D eigenvalue weighted by atomic mass is 35.5. The molecule has 4 aromatic rings. The highest BCUT2D eigenvalue weighted by Crippen LogP contribution is 2.40. The molecular formula is C22H24ClN7O. The molecule has 2 fully saturated rings. The van der Waals surface area contributed by atoms with E-state index in [9.17, 15) is 5.11 Å². The van der Waals surface area contributed by atoms with E-state index in [1.54, 1.807) is 11.7 Å². The third kappa shape index (κ3) is 2.78. The van der Waals surface area contributed by atoms with Crippen LogP contribution in [0.5, 0.6) is 0 Å². The van der Waals surface area contributed by atoms with E-state index in [-0.39, 0.29) is 12.6 Å². The largest absolute Gasteiger partial charge is 0.390 e. The van der Waals surface area contributed by atoms with Crippen molar-refractivity contribution in [1.82, 2.24) is 24.7 Å². The first-order valence-electron chi connectivity index (χ1n) is 10.7. The second-order valence-electron chi connectivity index (χ2n) is 8.70. The molecule has 0 saturated carbocycles. The van der Waals surface area contributed by atoms with Crippen LogP contribution in [0, 0.1) is 0 Å². The zero-order valence-corrected chi connectivity index (χ0v) is 18.0. The van der Waals surface area contributed by atoms with Crippen LogP contribution in [0.2, 0.25) is 5.02 Å². The number of aromatic amines is 1. The quantitative estimate of drug-likeness (QED) is 0.454. The van der Waals surface area contributed by atoms with Crippen LogP contribution in [-0.2, 0) is 13.7 Å². The second kappa shape index (κ2) is 6.91. The summed E-state index contributed by atoms with van der Waals surface area (Å²) in [7, 11) is 1.81. The van der Waals surface area contributed by atoms with Crippen molar-refractivity contribution in [3.05, 3.63) is 35.2 Å². The molecule has 2 atom stereocenters. The van der Waals surface area contributed by atoms with Crippen LogP contribution >= 0.6 is 11.6 Å². The van der Waals surface area contributed by atoms with Crippen molar-refractivity contribution >= 4 is 39.5 Å². The smallest absolute Gasteiger partial charge is 0.159 e. The molecule has 2 bridgehead atoms. The second-order valence-corrected chi connectivity index (χ2v) is 9.08. The highest BCUT2D eigenvalue weighted by Gasteiger charge is 2.40. The number of aliphatic hydroxyl groups excluding tert-OH is 1. The van der Waals surface area contributed by atoms with Gasteiger partial charge in [-0.3, -0.25) is 4.68 Å². The van der Waals surface area contributed by atoms with E-state index in [2.05, 4.69) is 15.0 Å². The first-order valence-corrected chi connectivity index (χ1v) is 11.1. The van der Waals surface area contributed by atoms with Crippen molar-refractivity contribution < 1.29 is 5.11 Å². The molecular weight excluding hydrogens is 414 g/mol. The Balaban J connectivity index is 1.44. The van der Waals surface area contributed by atoms with Gasteiger partial charge in [0.1, 0.15) is 11.3 Å². The molecule has 8 nitrogen and oxygen atoms in total. The van der Waals surface area contributed by atoms with E-state index in [1.165, 1.54) is 12.8 Å². The topological polar surface area (TPSA) is 109 Å². The first kappa shape index (κ1) is 19.0. The van der Waals surface area contributed by atoms with Gasteiger partial charge in [0.05, 0.1) is 29.0 Å². The summed E-state index contributed by atoms with van der Waals surface area (Å²) in [5.41, 5.74) is 10.9. The number of aryl methyl sites for hydroxylation is 1. The molecule has 31 heavy (non-hydrogen) atoms. The molecule has 4 N–H and O–H groups in total. The number of benzene rings is 1. The summed E-state index contributed by atoms with van der Waals surface area (Å²) in [4.78, 5) is 15.4. The molecule has 0 radical (unpaired) electrons. The number of hydrogen-bond donors (Lipinski definition) is 3. The summed E-state index contributed by atoms with van der Waals surface area (Å²) >= 11 is 6.80. The summed E-state index contributed by atoms with van der Waals surface area (Å²) in [6, 6.07) is 5.06. The predicted molar refractivity (Wildman–Crippen MR) is 121 cm³/mol. The maximum Gasteiger partial charge on any atom is 0.159 e. The zero-order chi connectivity index (χ0) is 21.3. The van der Waals surface area contributed by atoms with Crippen molar-refractivity contribution in [2.75, 3.05) is 4.90 Å². The molecule has 160 valence electrons. The van der Waals surface area contributed by atoms with E-state index >= 15 is 0 Å². The number of aliphatic hydroxyl groups is 1. The lowest BCUT2D eigenvalue weighted by Gasteiger charge is -2.38. The summed E-state index contributed by atoms with van der Waals surface area (Å²) in [5, 5.41) is 15.5. The van der Waals surface area contributed by atoms with E-state index < -0.39 is 0 Å². The standard InChI is InChI=1S/C22H24ClN7O/c1-29-17(10-31)19-16(28-29)5-4-14(20(19)23)15-8-26-22-21(15)25-9-18(27-22)30-12-2-3-13(30)7-11(24)6-12/h4-5,8-9,11-13,31H,2-3,6-7,10,24H2,1H3,(H,26,27). The van der Waals surface area contributed by atoms with Gasteiger partial charge in [0.15, 0.2) is 5.65 Å². The van der Waals surface area contributed by atoms with Gasteiger partial charge in [-0.25, -0.2) is 9.97 Å². The Bertz CT molecular complexity index is 1300. The number of nitrogens with zero attached hydrogens (tertiary/aromatic N) is 5. The van der Waals surface area contributed by atoms with Crippen LogP contribution in [0.3, 0.4) is 0 Å². The van der Waals surface area contributed by atoms with Crippen LogP contribution in [0.25, 0.3) is 33.2 Å². The average Bonchev–Trinajstić information content (AvgIpc) is 3.39. The number of nitrogens with one attached hydrogen (secondary N) is 1. The molecule has 5 heterocycles. The SMILES string of the molecule is Cn1nc2ccc(-c3c[nH]c4nc(N5C6CCC5CC(N)C6)cnc34)c(Cl)c2c1CO. The number of hydrogen-bond acceptors (Lipinski definition) is 6. The minimum absolute atomic E-state index is 0.130. The fourth-order valence-corrected chi connectivity index (χ4v) is 5.88. The van der Waals surface area contributed by atoms with Crippen LogP contribution in [0.1, 0.15) is 31.4 Å². The number of rotatable bonds is 3. The normalized spacial score (nSPS) is 23.4. The van der Waals surface area contributed by atoms with Gasteiger partial charge >= 0.3 is 0 Å². The minimum Gasteiger partial charge on any atom is -0.390 e. The van der Waals surface area contributed by atoms with E-state index in [1.807, 2.05) is 24.5 Å². The molecule has 2 aliphatic heterocycles. The maximum atomic E-state index is 9.78. The third-order valence-corrected chi connectivity index (χ3v) is 7.29. The third-order valence-electron chi connectivity index (χ3n) is 6.90. The first-order chi connectivity index (χ1) is 15.0. The van der Waals surface area contributed by atoms with Gasteiger partial charge in [-0.1, -0.05) is 17.7 Å². The lowest BCUT2D eigenvalue weighted by atomic mass is 9.98. The van der Waals surface area contributed by atoms with Gasteiger partial charge in [0, 0.05) is 47.9 Å². The number of aromatic nitrogens is 5. The number of halogens is 1. The van der Waals surface area contributed by atoms with Crippen LogP contribution in [-0.4, -0.2) is 48.0 Å². The number of piperidine rings is 1. The lowest BCUT2D eigenvalue weighted by molar-refractivity contribution is 0.272. The van der Waals surface area contributed by atoms with Gasteiger partial charge in [-0.05, 0) is 31.7 Å². The number of nitrogens with two attached hydrogens (primary N) is 1. The zero-order valence-electron chi connectivity index (χ0n) is 17.2.